The Hall–Kier alpha value is -2.04. The van der Waals surface area contributed by atoms with Gasteiger partial charge in [-0.3, -0.25) is 4.79 Å². The Morgan fingerprint density at radius 3 is 2.44 bits per heavy atom. The summed E-state index contributed by atoms with van der Waals surface area (Å²) in [6.45, 7) is 0. The zero-order valence-corrected chi connectivity index (χ0v) is 9.93. The van der Waals surface area contributed by atoms with Crippen molar-refractivity contribution in [2.24, 2.45) is 5.92 Å². The van der Waals surface area contributed by atoms with Crippen molar-refractivity contribution >= 4 is 17.6 Å². The number of amides is 1. The van der Waals surface area contributed by atoms with Gasteiger partial charge in [-0.05, 0) is 36.6 Å². The molecule has 1 amide bonds. The third-order valence-corrected chi connectivity index (χ3v) is 3.04. The quantitative estimate of drug-likeness (QED) is 0.684. The van der Waals surface area contributed by atoms with Crippen molar-refractivity contribution in [1.29, 1.82) is 0 Å². The van der Waals surface area contributed by atoms with Gasteiger partial charge in [-0.15, -0.1) is 0 Å². The van der Waals surface area contributed by atoms with Crippen LogP contribution in [-0.2, 0) is 4.79 Å². The van der Waals surface area contributed by atoms with E-state index in [1.807, 2.05) is 0 Å². The SMILES string of the molecule is Nc1ccc(C(=O)NC(CC2CC2)C(=O)O)cc1. The molecule has 0 bridgehead atoms. The molecule has 5 nitrogen and oxygen atoms in total. The molecule has 96 valence electrons. The van der Waals surface area contributed by atoms with Gasteiger partial charge in [0.05, 0.1) is 0 Å². The van der Waals surface area contributed by atoms with Crippen LogP contribution in [0.5, 0.6) is 0 Å². The second-order valence-corrected chi connectivity index (χ2v) is 4.67. The van der Waals surface area contributed by atoms with E-state index >= 15 is 0 Å². The van der Waals surface area contributed by atoms with Gasteiger partial charge in [0, 0.05) is 11.3 Å². The van der Waals surface area contributed by atoms with E-state index in [4.69, 9.17) is 10.8 Å². The molecule has 1 aliphatic rings. The van der Waals surface area contributed by atoms with E-state index in [1.54, 1.807) is 24.3 Å². The first-order valence-corrected chi connectivity index (χ1v) is 5.95. The van der Waals surface area contributed by atoms with Crippen molar-refractivity contribution in [3.63, 3.8) is 0 Å². The maximum atomic E-state index is 11.9. The van der Waals surface area contributed by atoms with Crippen LogP contribution in [0.1, 0.15) is 29.6 Å². The van der Waals surface area contributed by atoms with Crippen LogP contribution in [-0.4, -0.2) is 23.0 Å². The zero-order valence-electron chi connectivity index (χ0n) is 9.93. The number of carboxylic acid groups (broad SMARTS) is 1. The van der Waals surface area contributed by atoms with Crippen molar-refractivity contribution in [1.82, 2.24) is 5.32 Å². The second-order valence-electron chi connectivity index (χ2n) is 4.67. The molecule has 18 heavy (non-hydrogen) atoms. The molecule has 0 aromatic heterocycles. The average Bonchev–Trinajstić information content (AvgIpc) is 3.12. The number of rotatable bonds is 5. The third kappa shape index (κ3) is 3.23. The highest BCUT2D eigenvalue weighted by Crippen LogP contribution is 2.33. The van der Waals surface area contributed by atoms with Gasteiger partial charge in [-0.25, -0.2) is 4.79 Å². The van der Waals surface area contributed by atoms with Crippen LogP contribution < -0.4 is 11.1 Å². The Kier molecular flexibility index (Phi) is 3.50. The Morgan fingerprint density at radius 1 is 1.33 bits per heavy atom. The van der Waals surface area contributed by atoms with Crippen molar-refractivity contribution in [3.8, 4) is 0 Å². The van der Waals surface area contributed by atoms with Crippen LogP contribution in [0, 0.1) is 5.92 Å². The summed E-state index contributed by atoms with van der Waals surface area (Å²) in [6.07, 6.45) is 2.62. The Bertz CT molecular complexity index is 452. The molecule has 1 unspecified atom stereocenters. The lowest BCUT2D eigenvalue weighted by atomic mass is 10.1. The fraction of sp³-hybridized carbons (Fsp3) is 0.385. The van der Waals surface area contributed by atoms with E-state index in [9.17, 15) is 9.59 Å². The van der Waals surface area contributed by atoms with E-state index < -0.39 is 12.0 Å². The predicted molar refractivity (Wildman–Crippen MR) is 67.1 cm³/mol. The average molecular weight is 248 g/mol. The minimum absolute atomic E-state index is 0.372. The van der Waals surface area contributed by atoms with E-state index in [2.05, 4.69) is 5.32 Å². The van der Waals surface area contributed by atoms with Gasteiger partial charge in [0.1, 0.15) is 6.04 Å². The first-order chi connectivity index (χ1) is 8.56. The smallest absolute Gasteiger partial charge is 0.326 e. The monoisotopic (exact) mass is 248 g/mol. The van der Waals surface area contributed by atoms with E-state index in [0.29, 0.717) is 23.6 Å². The standard InChI is InChI=1S/C13H16N2O3/c14-10-5-3-9(4-6-10)12(16)15-11(13(17)18)7-8-1-2-8/h3-6,8,11H,1-2,7,14H2,(H,15,16)(H,17,18). The topological polar surface area (TPSA) is 92.4 Å². The molecular weight excluding hydrogens is 232 g/mol. The van der Waals surface area contributed by atoms with Crippen LogP contribution >= 0.6 is 0 Å². The number of carboxylic acids is 1. The van der Waals surface area contributed by atoms with Gasteiger partial charge < -0.3 is 16.2 Å². The molecule has 5 heteroatoms. The molecule has 0 spiro atoms. The van der Waals surface area contributed by atoms with Gasteiger partial charge in [-0.2, -0.15) is 0 Å². The van der Waals surface area contributed by atoms with Gasteiger partial charge in [0.2, 0.25) is 0 Å². The fourth-order valence-electron chi connectivity index (χ4n) is 1.78. The van der Waals surface area contributed by atoms with Crippen LogP contribution in [0.3, 0.4) is 0 Å². The van der Waals surface area contributed by atoms with Gasteiger partial charge in [0.15, 0.2) is 0 Å². The molecule has 0 heterocycles. The first-order valence-electron chi connectivity index (χ1n) is 5.95. The summed E-state index contributed by atoms with van der Waals surface area (Å²) in [7, 11) is 0. The maximum Gasteiger partial charge on any atom is 0.326 e. The van der Waals surface area contributed by atoms with Gasteiger partial charge in [0.25, 0.3) is 5.91 Å². The summed E-state index contributed by atoms with van der Waals surface area (Å²) in [4.78, 5) is 22.9. The first kappa shape index (κ1) is 12.4. The molecule has 1 atom stereocenters. The maximum absolute atomic E-state index is 11.9. The summed E-state index contributed by atoms with van der Waals surface area (Å²) < 4.78 is 0. The van der Waals surface area contributed by atoms with E-state index in [-0.39, 0.29) is 5.91 Å². The number of hydrogen-bond acceptors (Lipinski definition) is 3. The molecule has 1 aromatic rings. The Balaban J connectivity index is 1.99. The fourth-order valence-corrected chi connectivity index (χ4v) is 1.78. The van der Waals surface area contributed by atoms with Crippen molar-refractivity contribution in [3.05, 3.63) is 29.8 Å². The predicted octanol–water partition coefficient (Wildman–Crippen LogP) is 1.25. The lowest BCUT2D eigenvalue weighted by Crippen LogP contribution is -2.41. The number of benzene rings is 1. The molecule has 1 aliphatic carbocycles. The number of nitrogens with one attached hydrogen (secondary N) is 1. The summed E-state index contributed by atoms with van der Waals surface area (Å²) >= 11 is 0. The Morgan fingerprint density at radius 2 is 1.94 bits per heavy atom. The number of hydrogen-bond donors (Lipinski definition) is 3. The molecule has 0 radical (unpaired) electrons. The van der Waals surface area contributed by atoms with Crippen molar-refractivity contribution in [2.45, 2.75) is 25.3 Å². The highest BCUT2D eigenvalue weighted by Gasteiger charge is 2.30. The van der Waals surface area contributed by atoms with Crippen LogP contribution in [0.25, 0.3) is 0 Å². The summed E-state index contributed by atoms with van der Waals surface area (Å²) in [5.41, 5.74) is 6.52. The van der Waals surface area contributed by atoms with Crippen LogP contribution in [0.15, 0.2) is 24.3 Å². The number of carbonyl (C=O) groups excluding carboxylic acids is 1. The summed E-state index contributed by atoms with van der Waals surface area (Å²) in [5, 5.41) is 11.6. The molecule has 2 rings (SSSR count). The highest BCUT2D eigenvalue weighted by molar-refractivity contribution is 5.96. The highest BCUT2D eigenvalue weighted by atomic mass is 16.4. The van der Waals surface area contributed by atoms with Crippen molar-refractivity contribution in [2.75, 3.05) is 5.73 Å². The largest absolute Gasteiger partial charge is 0.480 e. The van der Waals surface area contributed by atoms with Crippen molar-refractivity contribution < 1.29 is 14.7 Å². The second kappa shape index (κ2) is 5.08. The molecular formula is C13H16N2O3. The van der Waals surface area contributed by atoms with E-state index in [1.165, 1.54) is 0 Å². The molecule has 1 fully saturated rings. The van der Waals surface area contributed by atoms with Gasteiger partial charge in [-0.1, -0.05) is 12.8 Å². The number of aliphatic carboxylic acids is 1. The lowest BCUT2D eigenvalue weighted by molar-refractivity contribution is -0.139. The number of anilines is 1. The normalized spacial score (nSPS) is 16.0. The van der Waals surface area contributed by atoms with E-state index in [0.717, 1.165) is 12.8 Å². The van der Waals surface area contributed by atoms with Crippen LogP contribution in [0.4, 0.5) is 5.69 Å². The lowest BCUT2D eigenvalue weighted by Gasteiger charge is -2.14. The zero-order chi connectivity index (χ0) is 13.1. The Labute approximate surface area is 105 Å². The third-order valence-electron chi connectivity index (χ3n) is 3.04. The van der Waals surface area contributed by atoms with Gasteiger partial charge >= 0.3 is 5.97 Å². The number of nitrogens with two attached hydrogens (primary N) is 1. The van der Waals surface area contributed by atoms with Crippen LogP contribution in [0.2, 0.25) is 0 Å². The number of carbonyl (C=O) groups is 2. The minimum Gasteiger partial charge on any atom is -0.480 e. The minimum atomic E-state index is -0.981. The molecule has 1 saturated carbocycles. The summed E-state index contributed by atoms with van der Waals surface area (Å²) in [5.74, 6) is -0.911. The molecule has 0 aliphatic heterocycles. The summed E-state index contributed by atoms with van der Waals surface area (Å²) in [6, 6.07) is 5.60. The number of nitrogen functional groups attached to an aromatic ring is 1. The molecule has 0 saturated heterocycles. The molecule has 4 N–H and O–H groups in total. The molecule has 1 aromatic carbocycles.